The van der Waals surface area contributed by atoms with E-state index in [0.717, 1.165) is 6.07 Å². The third-order valence-electron chi connectivity index (χ3n) is 1.73. The topological polar surface area (TPSA) is 38.4 Å². The Bertz CT molecular complexity index is 460. The van der Waals surface area contributed by atoms with Gasteiger partial charge in [0.15, 0.2) is 0 Å². The molecule has 0 aromatic heterocycles. The normalized spacial score (nSPS) is 12.9. The van der Waals surface area contributed by atoms with Crippen molar-refractivity contribution in [1.29, 1.82) is 0 Å². The lowest BCUT2D eigenvalue weighted by molar-refractivity contribution is -0.137. The van der Waals surface area contributed by atoms with Crippen molar-refractivity contribution in [3.63, 3.8) is 0 Å². The highest BCUT2D eigenvalue weighted by Gasteiger charge is 2.35. The number of benzene rings is 1. The summed E-state index contributed by atoms with van der Waals surface area (Å²) < 4.78 is 38.8. The van der Waals surface area contributed by atoms with Gasteiger partial charge in [0.25, 0.3) is 0 Å². The van der Waals surface area contributed by atoms with Crippen LogP contribution in [0.15, 0.2) is 26.1 Å². The lowest BCUT2D eigenvalue weighted by Crippen LogP contribution is -2.13. The van der Waals surface area contributed by atoms with Crippen LogP contribution in [0.3, 0.4) is 0 Å². The molecule has 2 N–H and O–H groups in total. The molecule has 1 aromatic rings. The van der Waals surface area contributed by atoms with Gasteiger partial charge in [-0.1, -0.05) is 15.9 Å². The van der Waals surface area contributed by atoms with E-state index < -0.39 is 11.7 Å². The number of halogens is 6. The van der Waals surface area contributed by atoms with Crippen molar-refractivity contribution in [2.75, 3.05) is 5.88 Å². The van der Waals surface area contributed by atoms with E-state index in [4.69, 9.17) is 17.3 Å². The predicted octanol–water partition coefficient (Wildman–Crippen LogP) is 4.46. The van der Waals surface area contributed by atoms with Gasteiger partial charge < -0.3 is 5.73 Å². The molecule has 2 nitrogen and oxygen atoms in total. The summed E-state index contributed by atoms with van der Waals surface area (Å²) in [6.45, 7) is 0. The van der Waals surface area contributed by atoms with Crippen molar-refractivity contribution in [3.8, 4) is 0 Å². The van der Waals surface area contributed by atoms with Crippen LogP contribution in [-0.4, -0.2) is 11.7 Å². The van der Waals surface area contributed by atoms with Gasteiger partial charge in [-0.25, -0.2) is 4.99 Å². The third kappa shape index (κ3) is 3.86. The first kappa shape index (κ1) is 14.8. The average molecular weight is 394 g/mol. The second-order valence-electron chi connectivity index (χ2n) is 3.02. The van der Waals surface area contributed by atoms with Crippen LogP contribution >= 0.6 is 43.5 Å². The van der Waals surface area contributed by atoms with Gasteiger partial charge in [0.2, 0.25) is 0 Å². The van der Waals surface area contributed by atoms with E-state index in [1.807, 2.05) is 0 Å². The summed E-state index contributed by atoms with van der Waals surface area (Å²) in [5.74, 6) is -0.222. The third-order valence-corrected chi connectivity index (χ3v) is 3.06. The van der Waals surface area contributed by atoms with Crippen LogP contribution in [0, 0.1) is 0 Å². The Morgan fingerprint density at radius 1 is 1.35 bits per heavy atom. The smallest absolute Gasteiger partial charge is 0.386 e. The molecule has 0 heterocycles. The van der Waals surface area contributed by atoms with Crippen LogP contribution in [-0.2, 0) is 6.18 Å². The maximum absolute atomic E-state index is 12.8. The Hall–Kier alpha value is -0.270. The summed E-state index contributed by atoms with van der Waals surface area (Å²) in [6.07, 6.45) is -4.52. The highest BCUT2D eigenvalue weighted by Crippen LogP contribution is 2.42. The van der Waals surface area contributed by atoms with Gasteiger partial charge in [0.05, 0.1) is 17.1 Å². The second-order valence-corrected chi connectivity index (χ2v) is 5.06. The molecule has 0 amide bonds. The fourth-order valence-electron chi connectivity index (χ4n) is 1.07. The van der Waals surface area contributed by atoms with Crippen molar-refractivity contribution >= 4 is 55.0 Å². The fraction of sp³-hybridized carbons (Fsp3) is 0.222. The zero-order valence-corrected chi connectivity index (χ0v) is 12.1. The Balaban J connectivity index is 3.47. The van der Waals surface area contributed by atoms with E-state index in [2.05, 4.69) is 36.9 Å². The van der Waals surface area contributed by atoms with E-state index in [1.54, 1.807) is 0 Å². The van der Waals surface area contributed by atoms with Crippen molar-refractivity contribution in [1.82, 2.24) is 0 Å². The highest BCUT2D eigenvalue weighted by molar-refractivity contribution is 9.11. The monoisotopic (exact) mass is 392 g/mol. The Morgan fingerprint density at radius 2 is 1.94 bits per heavy atom. The molecule has 0 radical (unpaired) electrons. The van der Waals surface area contributed by atoms with E-state index in [0.29, 0.717) is 4.47 Å². The van der Waals surface area contributed by atoms with Gasteiger partial charge in [-0.2, -0.15) is 13.2 Å². The molecule has 0 aliphatic carbocycles. The molecule has 1 aromatic carbocycles. The number of hydrogen-bond donors (Lipinski definition) is 1. The molecule has 0 aliphatic rings. The Morgan fingerprint density at radius 3 is 2.41 bits per heavy atom. The molecule has 0 fully saturated rings. The molecule has 0 unspecified atom stereocenters. The highest BCUT2D eigenvalue weighted by atomic mass is 79.9. The van der Waals surface area contributed by atoms with Crippen molar-refractivity contribution in [2.24, 2.45) is 10.7 Å². The summed E-state index contributed by atoms with van der Waals surface area (Å²) in [5.41, 5.74) is 4.18. The first-order valence-electron chi connectivity index (χ1n) is 4.21. The predicted molar refractivity (Wildman–Crippen MR) is 68.8 cm³/mol. The quantitative estimate of drug-likeness (QED) is 0.449. The van der Waals surface area contributed by atoms with Gasteiger partial charge in [0.1, 0.15) is 5.84 Å². The number of rotatable bonds is 2. The first-order chi connectivity index (χ1) is 7.75. The molecule has 0 bridgehead atoms. The molecule has 17 heavy (non-hydrogen) atoms. The number of nitrogens with zero attached hydrogens (tertiary/aromatic N) is 1. The van der Waals surface area contributed by atoms with E-state index >= 15 is 0 Å². The molecule has 94 valence electrons. The molecule has 8 heteroatoms. The molecule has 0 saturated carbocycles. The average Bonchev–Trinajstić information content (AvgIpc) is 2.19. The SMILES string of the molecule is NC(CCl)=Nc1c(Br)cc(Br)cc1C(F)(F)F. The fourth-order valence-corrected chi connectivity index (χ4v) is 2.44. The Kier molecular flexibility index (Phi) is 4.86. The van der Waals surface area contributed by atoms with Gasteiger partial charge in [-0.05, 0) is 28.1 Å². The number of amidine groups is 1. The number of nitrogens with two attached hydrogens (primary N) is 1. The zero-order valence-electron chi connectivity index (χ0n) is 8.15. The molecule has 0 aliphatic heterocycles. The van der Waals surface area contributed by atoms with Gasteiger partial charge in [-0.3, -0.25) is 0 Å². The van der Waals surface area contributed by atoms with Crippen LogP contribution in [0.2, 0.25) is 0 Å². The number of alkyl halides is 4. The lowest BCUT2D eigenvalue weighted by atomic mass is 10.2. The maximum Gasteiger partial charge on any atom is 0.418 e. The minimum Gasteiger partial charge on any atom is -0.386 e. The van der Waals surface area contributed by atoms with Crippen LogP contribution in [0.5, 0.6) is 0 Å². The largest absolute Gasteiger partial charge is 0.418 e. The van der Waals surface area contributed by atoms with Crippen LogP contribution < -0.4 is 5.73 Å². The van der Waals surface area contributed by atoms with Crippen molar-refractivity contribution in [3.05, 3.63) is 26.6 Å². The molecular formula is C9H6Br2ClF3N2. The minimum atomic E-state index is -4.52. The van der Waals surface area contributed by atoms with Crippen LogP contribution in [0.4, 0.5) is 18.9 Å². The summed E-state index contributed by atoms with van der Waals surface area (Å²) >= 11 is 11.4. The molecule has 1 rings (SSSR count). The first-order valence-corrected chi connectivity index (χ1v) is 6.33. The van der Waals surface area contributed by atoms with Crippen LogP contribution in [0.25, 0.3) is 0 Å². The molecule has 0 spiro atoms. The molecular weight excluding hydrogens is 388 g/mol. The summed E-state index contributed by atoms with van der Waals surface area (Å²) in [7, 11) is 0. The number of aliphatic imine (C=N–C) groups is 1. The summed E-state index contributed by atoms with van der Waals surface area (Å²) in [5, 5.41) is 0. The molecule has 0 atom stereocenters. The second kappa shape index (κ2) is 5.58. The van der Waals surface area contributed by atoms with Crippen molar-refractivity contribution in [2.45, 2.75) is 6.18 Å². The Labute approximate surface area is 117 Å². The van der Waals surface area contributed by atoms with Gasteiger partial charge in [0, 0.05) is 8.95 Å². The van der Waals surface area contributed by atoms with Crippen LogP contribution in [0.1, 0.15) is 5.56 Å². The maximum atomic E-state index is 12.8. The standard InChI is InChI=1S/C9H6Br2ClF3N2/c10-4-1-5(9(13,14)15)8(6(11)2-4)17-7(16)3-12/h1-2H,3H2,(H2,16,17). The zero-order chi connectivity index (χ0) is 13.2. The number of hydrogen-bond acceptors (Lipinski definition) is 1. The van der Waals surface area contributed by atoms with E-state index in [-0.39, 0.29) is 21.9 Å². The van der Waals surface area contributed by atoms with E-state index in [1.165, 1.54) is 6.07 Å². The van der Waals surface area contributed by atoms with E-state index in [9.17, 15) is 13.2 Å². The minimum absolute atomic E-state index is 0.0832. The van der Waals surface area contributed by atoms with Crippen molar-refractivity contribution < 1.29 is 13.2 Å². The summed E-state index contributed by atoms with van der Waals surface area (Å²) in [6, 6.07) is 2.39. The summed E-state index contributed by atoms with van der Waals surface area (Å²) in [4.78, 5) is 3.66. The van der Waals surface area contributed by atoms with Gasteiger partial charge >= 0.3 is 6.18 Å². The molecule has 0 saturated heterocycles. The van der Waals surface area contributed by atoms with Gasteiger partial charge in [-0.15, -0.1) is 11.6 Å². The lowest BCUT2D eigenvalue weighted by Gasteiger charge is -2.12.